The normalized spacial score (nSPS) is 12.4. The number of ether oxygens (including phenoxy) is 1. The molecule has 0 fully saturated rings. The van der Waals surface area contributed by atoms with E-state index in [1.165, 1.54) is 0 Å². The van der Waals surface area contributed by atoms with Gasteiger partial charge in [-0.05, 0) is 49.7 Å². The second kappa shape index (κ2) is 8.34. The third-order valence-corrected chi connectivity index (χ3v) is 4.06. The number of likely N-dealkylation sites (N-methyl/N-ethyl adjacent to an activating group) is 1. The molecule has 0 saturated heterocycles. The van der Waals surface area contributed by atoms with E-state index in [0.29, 0.717) is 13.1 Å². The van der Waals surface area contributed by atoms with Gasteiger partial charge in [0.05, 0.1) is 0 Å². The smallest absolute Gasteiger partial charge is 0.122 e. The average Bonchev–Trinajstić information content (AvgIpc) is 2.50. The second-order valence-electron chi connectivity index (χ2n) is 6.02. The van der Waals surface area contributed by atoms with E-state index in [1.807, 2.05) is 62.2 Å². The molecule has 1 N–H and O–H groups in total. The predicted octanol–water partition coefficient (Wildman–Crippen LogP) is 3.83. The first-order valence-corrected chi connectivity index (χ1v) is 8.13. The maximum atomic E-state index is 10.2. The van der Waals surface area contributed by atoms with Crippen LogP contribution >= 0.6 is 11.6 Å². The standard InChI is InChI=1S/C19H24ClNO2/c1-14-8-9-15(2)19(10-14)23-13-17(22)12-21(3)11-16-6-4-5-7-18(16)20/h4-10,17,22H,11-13H2,1-3H3. The Labute approximate surface area is 143 Å². The molecular weight excluding hydrogens is 310 g/mol. The Morgan fingerprint density at radius 3 is 2.65 bits per heavy atom. The summed E-state index contributed by atoms with van der Waals surface area (Å²) in [7, 11) is 1.96. The van der Waals surface area contributed by atoms with Crippen LogP contribution in [0.2, 0.25) is 5.02 Å². The first-order chi connectivity index (χ1) is 11.0. The molecule has 2 rings (SSSR count). The second-order valence-corrected chi connectivity index (χ2v) is 6.43. The van der Waals surface area contributed by atoms with Gasteiger partial charge in [-0.15, -0.1) is 0 Å². The largest absolute Gasteiger partial charge is 0.491 e. The van der Waals surface area contributed by atoms with Gasteiger partial charge in [-0.25, -0.2) is 0 Å². The van der Waals surface area contributed by atoms with Gasteiger partial charge in [0, 0.05) is 18.1 Å². The summed E-state index contributed by atoms with van der Waals surface area (Å²) in [5.74, 6) is 0.831. The summed E-state index contributed by atoms with van der Waals surface area (Å²) in [5, 5.41) is 10.9. The molecule has 0 aromatic heterocycles. The van der Waals surface area contributed by atoms with Crippen LogP contribution in [-0.2, 0) is 6.54 Å². The van der Waals surface area contributed by atoms with E-state index in [4.69, 9.17) is 16.3 Å². The van der Waals surface area contributed by atoms with Gasteiger partial charge in [0.25, 0.3) is 0 Å². The van der Waals surface area contributed by atoms with Crippen molar-refractivity contribution >= 4 is 11.6 Å². The molecule has 2 aromatic rings. The van der Waals surface area contributed by atoms with E-state index in [0.717, 1.165) is 27.5 Å². The van der Waals surface area contributed by atoms with Gasteiger partial charge in [0.1, 0.15) is 18.5 Å². The molecule has 124 valence electrons. The summed E-state index contributed by atoms with van der Waals surface area (Å²) in [5.41, 5.74) is 3.28. The minimum Gasteiger partial charge on any atom is -0.491 e. The Kier molecular flexibility index (Phi) is 6.46. The molecule has 4 heteroatoms. The third-order valence-electron chi connectivity index (χ3n) is 3.70. The number of rotatable bonds is 7. The summed E-state index contributed by atoms with van der Waals surface area (Å²) in [6.45, 7) is 5.53. The van der Waals surface area contributed by atoms with Crippen LogP contribution in [0.1, 0.15) is 16.7 Å². The number of aliphatic hydroxyl groups excluding tert-OH is 1. The lowest BCUT2D eigenvalue weighted by atomic mass is 10.1. The van der Waals surface area contributed by atoms with Gasteiger partial charge in [-0.2, -0.15) is 0 Å². The van der Waals surface area contributed by atoms with Crippen LogP contribution < -0.4 is 4.74 Å². The van der Waals surface area contributed by atoms with Gasteiger partial charge in [0.15, 0.2) is 0 Å². The molecule has 0 aliphatic heterocycles. The Bertz CT molecular complexity index is 645. The van der Waals surface area contributed by atoms with Gasteiger partial charge >= 0.3 is 0 Å². The predicted molar refractivity (Wildman–Crippen MR) is 95.2 cm³/mol. The van der Waals surface area contributed by atoms with Gasteiger partial charge < -0.3 is 9.84 Å². The monoisotopic (exact) mass is 333 g/mol. The number of hydrogen-bond donors (Lipinski definition) is 1. The van der Waals surface area contributed by atoms with E-state index < -0.39 is 6.10 Å². The molecule has 0 radical (unpaired) electrons. The van der Waals surface area contributed by atoms with Crippen molar-refractivity contribution in [2.45, 2.75) is 26.5 Å². The van der Waals surface area contributed by atoms with Crippen LogP contribution in [0, 0.1) is 13.8 Å². The highest BCUT2D eigenvalue weighted by atomic mass is 35.5. The number of aryl methyl sites for hydroxylation is 2. The molecule has 0 saturated carbocycles. The molecule has 0 amide bonds. The van der Waals surface area contributed by atoms with Gasteiger partial charge in [-0.1, -0.05) is 41.9 Å². The van der Waals surface area contributed by atoms with Crippen molar-refractivity contribution in [3.05, 3.63) is 64.2 Å². The summed E-state index contributed by atoms with van der Waals surface area (Å²) in [4.78, 5) is 2.04. The van der Waals surface area contributed by atoms with Crippen LogP contribution in [-0.4, -0.2) is 36.3 Å². The average molecular weight is 334 g/mol. The lowest BCUT2D eigenvalue weighted by Gasteiger charge is -2.21. The van der Waals surface area contributed by atoms with E-state index in [2.05, 4.69) is 6.07 Å². The number of nitrogens with zero attached hydrogens (tertiary/aromatic N) is 1. The van der Waals surface area contributed by atoms with E-state index in [-0.39, 0.29) is 6.61 Å². The fraction of sp³-hybridized carbons (Fsp3) is 0.368. The highest BCUT2D eigenvalue weighted by Gasteiger charge is 2.11. The van der Waals surface area contributed by atoms with E-state index in [1.54, 1.807) is 0 Å². The van der Waals surface area contributed by atoms with Crippen molar-refractivity contribution in [1.82, 2.24) is 4.90 Å². The minimum absolute atomic E-state index is 0.275. The van der Waals surface area contributed by atoms with Crippen LogP contribution in [0.15, 0.2) is 42.5 Å². The summed E-state index contributed by atoms with van der Waals surface area (Å²) in [6.07, 6.45) is -0.553. The SMILES string of the molecule is Cc1ccc(C)c(OCC(O)CN(C)Cc2ccccc2Cl)c1. The number of hydrogen-bond acceptors (Lipinski definition) is 3. The number of aliphatic hydroxyl groups is 1. The number of halogens is 1. The van der Waals surface area contributed by atoms with E-state index >= 15 is 0 Å². The molecule has 1 unspecified atom stereocenters. The van der Waals surface area contributed by atoms with Crippen LogP contribution in [0.4, 0.5) is 0 Å². The molecule has 2 aromatic carbocycles. The summed E-state index contributed by atoms with van der Waals surface area (Å²) >= 11 is 6.16. The molecule has 0 bridgehead atoms. The Morgan fingerprint density at radius 2 is 1.91 bits per heavy atom. The zero-order valence-corrected chi connectivity index (χ0v) is 14.7. The highest BCUT2D eigenvalue weighted by molar-refractivity contribution is 6.31. The zero-order valence-electron chi connectivity index (χ0n) is 13.9. The molecule has 0 aliphatic carbocycles. The lowest BCUT2D eigenvalue weighted by Crippen LogP contribution is -2.32. The summed E-state index contributed by atoms with van der Waals surface area (Å²) < 4.78 is 5.75. The van der Waals surface area contributed by atoms with E-state index in [9.17, 15) is 5.11 Å². The molecule has 0 aliphatic rings. The Hall–Kier alpha value is -1.55. The topological polar surface area (TPSA) is 32.7 Å². The number of benzene rings is 2. The molecular formula is C19H24ClNO2. The van der Waals surface area contributed by atoms with Crippen LogP contribution in [0.5, 0.6) is 5.75 Å². The summed E-state index contributed by atoms with van der Waals surface area (Å²) in [6, 6.07) is 13.8. The van der Waals surface area contributed by atoms with Crippen molar-refractivity contribution < 1.29 is 9.84 Å². The fourth-order valence-corrected chi connectivity index (χ4v) is 2.64. The molecule has 23 heavy (non-hydrogen) atoms. The van der Waals surface area contributed by atoms with Gasteiger partial charge in [0.2, 0.25) is 0 Å². The minimum atomic E-state index is -0.553. The van der Waals surface area contributed by atoms with Gasteiger partial charge in [-0.3, -0.25) is 4.90 Å². The third kappa shape index (κ3) is 5.54. The fourth-order valence-electron chi connectivity index (χ4n) is 2.44. The maximum Gasteiger partial charge on any atom is 0.122 e. The molecule has 3 nitrogen and oxygen atoms in total. The highest BCUT2D eigenvalue weighted by Crippen LogP contribution is 2.19. The van der Waals surface area contributed by atoms with Crippen molar-refractivity contribution in [1.29, 1.82) is 0 Å². The molecule has 1 atom stereocenters. The van der Waals surface area contributed by atoms with Crippen molar-refractivity contribution in [2.24, 2.45) is 0 Å². The quantitative estimate of drug-likeness (QED) is 0.836. The van der Waals surface area contributed by atoms with Crippen LogP contribution in [0.25, 0.3) is 0 Å². The van der Waals surface area contributed by atoms with Crippen LogP contribution in [0.3, 0.4) is 0 Å². The first-order valence-electron chi connectivity index (χ1n) is 7.76. The van der Waals surface area contributed by atoms with Crippen molar-refractivity contribution in [3.8, 4) is 5.75 Å². The Balaban J connectivity index is 1.83. The first kappa shape index (κ1) is 17.8. The Morgan fingerprint density at radius 1 is 1.17 bits per heavy atom. The van der Waals surface area contributed by atoms with Crippen molar-refractivity contribution in [2.75, 3.05) is 20.2 Å². The van der Waals surface area contributed by atoms with Crippen molar-refractivity contribution in [3.63, 3.8) is 0 Å². The lowest BCUT2D eigenvalue weighted by molar-refractivity contribution is 0.0741. The zero-order chi connectivity index (χ0) is 16.8. The molecule has 0 heterocycles. The maximum absolute atomic E-state index is 10.2. The molecule has 0 spiro atoms.